The third-order valence-electron chi connectivity index (χ3n) is 3.57. The molecule has 0 bridgehead atoms. The Morgan fingerprint density at radius 1 is 1.35 bits per heavy atom. The second-order valence-electron chi connectivity index (χ2n) is 5.60. The maximum absolute atomic E-state index is 12.8. The van der Waals surface area contributed by atoms with E-state index in [1.165, 1.54) is 31.2 Å². The van der Waals surface area contributed by atoms with Gasteiger partial charge in [0, 0.05) is 12.1 Å². The van der Waals surface area contributed by atoms with Gasteiger partial charge in [0.25, 0.3) is 5.91 Å². The zero-order valence-electron chi connectivity index (χ0n) is 12.6. The predicted molar refractivity (Wildman–Crippen MR) is 82.0 cm³/mol. The number of anilines is 1. The van der Waals surface area contributed by atoms with Crippen LogP contribution in [0.15, 0.2) is 24.3 Å². The molecule has 0 spiro atoms. The summed E-state index contributed by atoms with van der Waals surface area (Å²) in [6, 6.07) is 5.19. The highest BCUT2D eigenvalue weighted by molar-refractivity contribution is 7.91. The molecular weight excluding hydrogens is 325 g/mol. The number of nitrogens with one attached hydrogen (secondary N) is 1. The summed E-state index contributed by atoms with van der Waals surface area (Å²) < 4.78 is 40.5. The summed E-state index contributed by atoms with van der Waals surface area (Å²) >= 11 is 0. The standard InChI is InChI=1S/C15H18FNO5S/c1-10(15(19)17-13-4-2-12(16)3-5-13)22-14(18)8-11-6-7-23(20,21)9-11/h2-5,10-11H,6-9H2,1H3,(H,17,19)/t10-,11-/m1/s1. The Labute approximate surface area is 133 Å². The molecule has 126 valence electrons. The first-order chi connectivity index (χ1) is 10.7. The number of amides is 1. The van der Waals surface area contributed by atoms with Gasteiger partial charge in [0.05, 0.1) is 11.5 Å². The molecule has 1 saturated heterocycles. The first-order valence-electron chi connectivity index (χ1n) is 7.21. The second-order valence-corrected chi connectivity index (χ2v) is 7.83. The summed E-state index contributed by atoms with van der Waals surface area (Å²) in [4.78, 5) is 23.7. The number of carbonyl (C=O) groups is 2. The Morgan fingerprint density at radius 2 is 2.00 bits per heavy atom. The molecule has 23 heavy (non-hydrogen) atoms. The van der Waals surface area contributed by atoms with Gasteiger partial charge in [0.1, 0.15) is 5.82 Å². The second kappa shape index (κ2) is 7.08. The first-order valence-corrected chi connectivity index (χ1v) is 9.03. The quantitative estimate of drug-likeness (QED) is 0.819. The molecule has 1 aromatic carbocycles. The van der Waals surface area contributed by atoms with Crippen molar-refractivity contribution >= 4 is 27.4 Å². The van der Waals surface area contributed by atoms with E-state index < -0.39 is 33.6 Å². The molecular formula is C15H18FNO5S. The number of esters is 1. The molecule has 1 fully saturated rings. The van der Waals surface area contributed by atoms with Crippen molar-refractivity contribution in [2.24, 2.45) is 5.92 Å². The van der Waals surface area contributed by atoms with Crippen molar-refractivity contribution in [2.75, 3.05) is 16.8 Å². The normalized spacial score (nSPS) is 20.7. The Hall–Kier alpha value is -1.96. The van der Waals surface area contributed by atoms with E-state index in [1.54, 1.807) is 0 Å². The molecule has 8 heteroatoms. The summed E-state index contributed by atoms with van der Waals surface area (Å²) in [6.45, 7) is 1.42. The molecule has 1 N–H and O–H groups in total. The van der Waals surface area contributed by atoms with Crippen LogP contribution in [-0.4, -0.2) is 37.9 Å². The third-order valence-corrected chi connectivity index (χ3v) is 5.41. The Kier molecular flexibility index (Phi) is 5.35. The van der Waals surface area contributed by atoms with Crippen LogP contribution in [0.5, 0.6) is 0 Å². The topological polar surface area (TPSA) is 89.5 Å². The lowest BCUT2D eigenvalue weighted by molar-refractivity contribution is -0.153. The average Bonchev–Trinajstić information content (AvgIpc) is 2.80. The average molecular weight is 343 g/mol. The van der Waals surface area contributed by atoms with Crippen LogP contribution in [0.3, 0.4) is 0 Å². The van der Waals surface area contributed by atoms with E-state index >= 15 is 0 Å². The van der Waals surface area contributed by atoms with E-state index in [2.05, 4.69) is 5.32 Å². The monoisotopic (exact) mass is 343 g/mol. The van der Waals surface area contributed by atoms with Crippen molar-refractivity contribution in [2.45, 2.75) is 25.9 Å². The van der Waals surface area contributed by atoms with E-state index in [0.29, 0.717) is 12.1 Å². The zero-order chi connectivity index (χ0) is 17.0. The maximum Gasteiger partial charge on any atom is 0.306 e. The van der Waals surface area contributed by atoms with Gasteiger partial charge in [-0.05, 0) is 43.5 Å². The number of rotatable bonds is 5. The van der Waals surface area contributed by atoms with Gasteiger partial charge in [-0.15, -0.1) is 0 Å². The molecule has 1 aromatic rings. The van der Waals surface area contributed by atoms with Crippen LogP contribution in [-0.2, 0) is 24.2 Å². The highest BCUT2D eigenvalue weighted by Crippen LogP contribution is 2.22. The Morgan fingerprint density at radius 3 is 2.57 bits per heavy atom. The highest BCUT2D eigenvalue weighted by Gasteiger charge is 2.30. The minimum atomic E-state index is -3.05. The number of benzene rings is 1. The van der Waals surface area contributed by atoms with Gasteiger partial charge in [0.15, 0.2) is 15.9 Å². The van der Waals surface area contributed by atoms with Crippen LogP contribution < -0.4 is 5.32 Å². The first kappa shape index (κ1) is 17.4. The number of ether oxygens (including phenoxy) is 1. The predicted octanol–water partition coefficient (Wildman–Crippen LogP) is 1.52. The lowest BCUT2D eigenvalue weighted by atomic mass is 10.1. The molecule has 1 aliphatic rings. The molecule has 0 saturated carbocycles. The highest BCUT2D eigenvalue weighted by atomic mass is 32.2. The zero-order valence-corrected chi connectivity index (χ0v) is 13.4. The van der Waals surface area contributed by atoms with E-state index in [4.69, 9.17) is 4.74 Å². The van der Waals surface area contributed by atoms with E-state index in [0.717, 1.165) is 0 Å². The van der Waals surface area contributed by atoms with Crippen molar-refractivity contribution in [3.05, 3.63) is 30.1 Å². The minimum absolute atomic E-state index is 0.0156. The van der Waals surface area contributed by atoms with Gasteiger partial charge < -0.3 is 10.1 Å². The molecule has 0 radical (unpaired) electrons. The van der Waals surface area contributed by atoms with Crippen molar-refractivity contribution in [1.82, 2.24) is 0 Å². The third kappa shape index (κ3) is 5.31. The van der Waals surface area contributed by atoms with Gasteiger partial charge in [-0.25, -0.2) is 12.8 Å². The molecule has 1 amide bonds. The molecule has 2 rings (SSSR count). The molecule has 0 aromatic heterocycles. The van der Waals surface area contributed by atoms with Crippen LogP contribution in [0.25, 0.3) is 0 Å². The summed E-state index contributed by atoms with van der Waals surface area (Å²) in [5.74, 6) is -1.74. The summed E-state index contributed by atoms with van der Waals surface area (Å²) in [5.41, 5.74) is 0.390. The maximum atomic E-state index is 12.8. The van der Waals surface area contributed by atoms with Crippen molar-refractivity contribution < 1.29 is 27.1 Å². The number of halogens is 1. The lowest BCUT2D eigenvalue weighted by Gasteiger charge is -2.14. The Bertz CT molecular complexity index is 686. The van der Waals surface area contributed by atoms with Gasteiger partial charge >= 0.3 is 5.97 Å². The summed E-state index contributed by atoms with van der Waals surface area (Å²) in [6.07, 6.45) is -0.605. The van der Waals surface area contributed by atoms with Crippen LogP contribution in [0.1, 0.15) is 19.8 Å². The molecule has 6 nitrogen and oxygen atoms in total. The fourth-order valence-corrected chi connectivity index (χ4v) is 4.21. The molecule has 0 unspecified atom stereocenters. The largest absolute Gasteiger partial charge is 0.453 e. The smallest absolute Gasteiger partial charge is 0.306 e. The van der Waals surface area contributed by atoms with Gasteiger partial charge in [-0.2, -0.15) is 0 Å². The number of hydrogen-bond donors (Lipinski definition) is 1. The Balaban J connectivity index is 1.81. The fourth-order valence-electron chi connectivity index (χ4n) is 2.34. The summed E-state index contributed by atoms with van der Waals surface area (Å²) in [5, 5.41) is 2.50. The SMILES string of the molecule is C[C@@H](OC(=O)C[C@H]1CCS(=O)(=O)C1)C(=O)Nc1ccc(F)cc1. The number of carbonyl (C=O) groups excluding carboxylic acids is 2. The fraction of sp³-hybridized carbons (Fsp3) is 0.467. The summed E-state index contributed by atoms with van der Waals surface area (Å²) in [7, 11) is -3.05. The van der Waals surface area contributed by atoms with Gasteiger partial charge in [-0.3, -0.25) is 9.59 Å². The molecule has 2 atom stereocenters. The van der Waals surface area contributed by atoms with E-state index in [9.17, 15) is 22.4 Å². The number of sulfone groups is 1. The van der Waals surface area contributed by atoms with Crippen LogP contribution in [0.4, 0.5) is 10.1 Å². The van der Waals surface area contributed by atoms with E-state index in [-0.39, 0.29) is 23.8 Å². The minimum Gasteiger partial charge on any atom is -0.453 e. The van der Waals surface area contributed by atoms with Crippen LogP contribution in [0.2, 0.25) is 0 Å². The molecule has 0 aliphatic carbocycles. The number of hydrogen-bond acceptors (Lipinski definition) is 5. The van der Waals surface area contributed by atoms with Crippen molar-refractivity contribution in [3.8, 4) is 0 Å². The van der Waals surface area contributed by atoms with Crippen molar-refractivity contribution in [3.63, 3.8) is 0 Å². The van der Waals surface area contributed by atoms with Crippen LogP contribution in [0, 0.1) is 11.7 Å². The van der Waals surface area contributed by atoms with E-state index in [1.807, 2.05) is 0 Å². The lowest BCUT2D eigenvalue weighted by Crippen LogP contribution is -2.30. The van der Waals surface area contributed by atoms with Gasteiger partial charge in [0.2, 0.25) is 0 Å². The van der Waals surface area contributed by atoms with Crippen molar-refractivity contribution in [1.29, 1.82) is 0 Å². The van der Waals surface area contributed by atoms with Crippen LogP contribution >= 0.6 is 0 Å². The molecule has 1 aliphatic heterocycles. The molecule has 1 heterocycles. The van der Waals surface area contributed by atoms with Gasteiger partial charge in [-0.1, -0.05) is 0 Å².